The van der Waals surface area contributed by atoms with Crippen LogP contribution < -0.4 is 0 Å². The zero-order chi connectivity index (χ0) is 44.5. The molecule has 12 rings (SSSR count). The maximum absolute atomic E-state index is 5.24. The minimum absolute atomic E-state index is 0.353. The van der Waals surface area contributed by atoms with Crippen LogP contribution in [0.25, 0.3) is 98.5 Å². The Bertz CT molecular complexity index is 3560. The zero-order valence-electron chi connectivity index (χ0n) is 36.4. The summed E-state index contributed by atoms with van der Waals surface area (Å²) in [6.45, 7) is 0. The summed E-state index contributed by atoms with van der Waals surface area (Å²) in [7, 11) is 0. The molecule has 1 unspecified atom stereocenters. The first-order valence-electron chi connectivity index (χ1n) is 22.6. The van der Waals surface area contributed by atoms with Crippen LogP contribution in [0.3, 0.4) is 0 Å². The largest absolute Gasteiger partial charge is 0.659 e. The molecule has 0 fully saturated rings. The number of hydrogen-bond donors (Lipinski definition) is 0. The van der Waals surface area contributed by atoms with Gasteiger partial charge in [0, 0.05) is 43.0 Å². The molecule has 1 aliphatic rings. The molecule has 2 aromatic heterocycles. The zero-order valence-corrected chi connectivity index (χ0v) is 37.2. The smallest absolute Gasteiger partial charge is 0.160 e. The van der Waals surface area contributed by atoms with Gasteiger partial charge < -0.3 is 5.32 Å². The molecule has 0 bridgehead atoms. The molecule has 11 aromatic rings. The van der Waals surface area contributed by atoms with Gasteiger partial charge in [-0.1, -0.05) is 224 Å². The van der Waals surface area contributed by atoms with Gasteiger partial charge in [0.1, 0.15) is 0 Å². The van der Waals surface area contributed by atoms with Gasteiger partial charge >= 0.3 is 0 Å². The Morgan fingerprint density at radius 1 is 0.388 bits per heavy atom. The van der Waals surface area contributed by atoms with E-state index >= 15 is 0 Å². The van der Waals surface area contributed by atoms with Gasteiger partial charge in [0.05, 0.1) is 17.1 Å². The molecule has 4 nitrogen and oxygen atoms in total. The van der Waals surface area contributed by atoms with Crippen LogP contribution in [0.4, 0.5) is 0 Å². The minimum Gasteiger partial charge on any atom is -0.659 e. The van der Waals surface area contributed by atoms with Crippen molar-refractivity contribution in [1.82, 2.24) is 9.97 Å². The molecule has 5 heteroatoms. The lowest BCUT2D eigenvalue weighted by Gasteiger charge is -2.37. The molecule has 0 amide bonds. The highest BCUT2D eigenvalue weighted by Gasteiger charge is 2.18. The number of rotatable bonds is 9. The molecular weight excluding hydrogens is 833 g/mol. The first-order valence-corrected chi connectivity index (χ1v) is 23.4. The van der Waals surface area contributed by atoms with Crippen molar-refractivity contribution >= 4 is 42.9 Å². The van der Waals surface area contributed by atoms with Crippen LogP contribution in [0.15, 0.2) is 248 Å². The van der Waals surface area contributed by atoms with Crippen molar-refractivity contribution in [3.63, 3.8) is 0 Å². The topological polar surface area (TPSA) is 52.2 Å². The predicted molar refractivity (Wildman–Crippen MR) is 281 cm³/mol. The summed E-state index contributed by atoms with van der Waals surface area (Å²) >= 11 is 1.86. The van der Waals surface area contributed by atoms with Crippen LogP contribution in [-0.2, 0) is 0 Å². The third-order valence-electron chi connectivity index (χ3n) is 12.5. The average molecular weight is 874 g/mol. The van der Waals surface area contributed by atoms with E-state index in [1.54, 1.807) is 0 Å². The van der Waals surface area contributed by atoms with Crippen molar-refractivity contribution in [2.24, 2.45) is 4.99 Å². The van der Waals surface area contributed by atoms with Gasteiger partial charge in [-0.3, -0.25) is 4.99 Å². The highest BCUT2D eigenvalue weighted by Crippen LogP contribution is 2.46. The van der Waals surface area contributed by atoms with E-state index in [0.717, 1.165) is 72.9 Å². The van der Waals surface area contributed by atoms with E-state index < -0.39 is 0 Å². The van der Waals surface area contributed by atoms with Gasteiger partial charge in [0.25, 0.3) is 0 Å². The fourth-order valence-corrected chi connectivity index (χ4v) is 10.3. The maximum atomic E-state index is 5.24. The van der Waals surface area contributed by atoms with Gasteiger partial charge in [-0.2, -0.15) is 0 Å². The van der Waals surface area contributed by atoms with E-state index in [1.807, 2.05) is 53.8 Å². The Morgan fingerprint density at radius 3 is 1.61 bits per heavy atom. The highest BCUT2D eigenvalue weighted by atomic mass is 32.1. The normalized spacial score (nSPS) is 13.5. The monoisotopic (exact) mass is 873 g/mol. The number of aliphatic imine (C=N–C) groups is 1. The molecule has 67 heavy (non-hydrogen) atoms. The van der Waals surface area contributed by atoms with Crippen LogP contribution in [0.5, 0.6) is 0 Å². The lowest BCUT2D eigenvalue weighted by molar-refractivity contribution is 0.879. The Kier molecular flexibility index (Phi) is 10.4. The molecule has 1 atom stereocenters. The average Bonchev–Trinajstić information content (AvgIpc) is 3.81. The fourth-order valence-electron chi connectivity index (χ4n) is 9.08. The van der Waals surface area contributed by atoms with Crippen molar-refractivity contribution in [2.75, 3.05) is 0 Å². The lowest BCUT2D eigenvalue weighted by atomic mass is 9.93. The minimum atomic E-state index is -0.353. The summed E-state index contributed by atoms with van der Waals surface area (Å²) in [5, 5.41) is 7.74. The summed E-state index contributed by atoms with van der Waals surface area (Å²) in [5.41, 5.74) is 17.0. The van der Waals surface area contributed by atoms with Gasteiger partial charge in [0.2, 0.25) is 0 Å². The molecule has 0 saturated heterocycles. The lowest BCUT2D eigenvalue weighted by Crippen LogP contribution is -2.09. The molecule has 0 aliphatic carbocycles. The molecule has 0 N–H and O–H groups in total. The van der Waals surface area contributed by atoms with E-state index in [2.05, 4.69) is 200 Å². The van der Waals surface area contributed by atoms with Crippen molar-refractivity contribution in [3.8, 4) is 67.3 Å². The second kappa shape index (κ2) is 17.5. The number of aromatic nitrogens is 2. The predicted octanol–water partition coefficient (Wildman–Crippen LogP) is 16.8. The van der Waals surface area contributed by atoms with Gasteiger partial charge in [-0.05, 0) is 68.3 Å². The van der Waals surface area contributed by atoms with Crippen LogP contribution in [0.2, 0.25) is 0 Å². The van der Waals surface area contributed by atoms with Gasteiger partial charge in [-0.25, -0.2) is 9.97 Å². The summed E-state index contributed by atoms with van der Waals surface area (Å²) in [6.07, 6.45) is 1.78. The number of allylic oxidation sites excluding steroid dienone is 1. The molecule has 0 saturated carbocycles. The second-order valence-corrected chi connectivity index (χ2v) is 17.8. The van der Waals surface area contributed by atoms with E-state index in [4.69, 9.17) is 20.3 Å². The molecule has 1 aliphatic heterocycles. The van der Waals surface area contributed by atoms with Gasteiger partial charge in [0.15, 0.2) is 5.82 Å². The third kappa shape index (κ3) is 7.92. The molecule has 0 spiro atoms. The maximum Gasteiger partial charge on any atom is 0.160 e. The van der Waals surface area contributed by atoms with Gasteiger partial charge in [-0.15, -0.1) is 17.0 Å². The Labute approximate surface area is 394 Å². The molecule has 316 valence electrons. The van der Waals surface area contributed by atoms with E-state index in [-0.39, 0.29) is 6.17 Å². The third-order valence-corrected chi connectivity index (χ3v) is 13.7. The summed E-state index contributed by atoms with van der Waals surface area (Å²) in [4.78, 5) is 15.3. The first kappa shape index (κ1) is 40.0. The van der Waals surface area contributed by atoms with Crippen molar-refractivity contribution < 1.29 is 0 Å². The number of nitrogens with zero attached hydrogens (tertiary/aromatic N) is 4. The summed E-state index contributed by atoms with van der Waals surface area (Å²) in [6, 6.07) is 83.3. The van der Waals surface area contributed by atoms with Crippen LogP contribution >= 0.6 is 11.3 Å². The van der Waals surface area contributed by atoms with E-state index in [1.165, 1.54) is 36.9 Å². The van der Waals surface area contributed by atoms with Crippen LogP contribution in [-0.4, -0.2) is 15.7 Å². The quantitative estimate of drug-likeness (QED) is 0.145. The SMILES string of the molecule is C1=C(c2cccc(-c3ccccc3)c2)[N-]C(c2ccccc2)N=C1c1ccc(-c2ccc(-c3ccc(-c4cc(-c5ccccc5)nc(-c5ccccc5)n4)cc3)c3sc4ccccc4c23)cc1. The Hall–Kier alpha value is -8.51. The van der Waals surface area contributed by atoms with E-state index in [9.17, 15) is 0 Å². The molecule has 3 heterocycles. The number of benzene rings is 9. The second-order valence-electron chi connectivity index (χ2n) is 16.7. The van der Waals surface area contributed by atoms with Crippen molar-refractivity contribution in [1.29, 1.82) is 0 Å². The molecular formula is C62H41N4S-. The van der Waals surface area contributed by atoms with Crippen LogP contribution in [0.1, 0.15) is 22.9 Å². The fraction of sp³-hybridized carbons (Fsp3) is 0.0161. The van der Waals surface area contributed by atoms with E-state index in [0.29, 0.717) is 5.82 Å². The van der Waals surface area contributed by atoms with Crippen molar-refractivity contribution in [3.05, 3.63) is 265 Å². The molecule has 9 aromatic carbocycles. The van der Waals surface area contributed by atoms with Crippen molar-refractivity contribution in [2.45, 2.75) is 6.17 Å². The van der Waals surface area contributed by atoms with Crippen LogP contribution in [0, 0.1) is 0 Å². The number of fused-ring (bicyclic) bond motifs is 3. The summed E-state index contributed by atoms with van der Waals surface area (Å²) < 4.78 is 2.54. The standard InChI is InChI=1S/C62H41N4S/c1-5-16-41(17-6-1)49-24-15-25-50(38-49)57-40-56(65-62(66-57)48-22-11-4-12-23-48)45-32-28-42(29-33-45)51-36-37-52(60-59(51)53-26-13-14-27-58(53)67-60)43-30-34-46(35-31-43)55-39-54(44-18-7-2-8-19-44)63-61(64-55)47-20-9-3-10-21-47/h1-40,62H/q-1. The number of thiophene rings is 1. The number of hydrogen-bond acceptors (Lipinski definition) is 4. The Balaban J connectivity index is 0.900. The Morgan fingerprint density at radius 2 is 0.910 bits per heavy atom. The highest BCUT2D eigenvalue weighted by molar-refractivity contribution is 7.26. The summed E-state index contributed by atoms with van der Waals surface area (Å²) in [5.74, 6) is 0.710. The first-order chi connectivity index (χ1) is 33.2. The molecule has 0 radical (unpaired) electrons.